The topological polar surface area (TPSA) is 85.8 Å². The van der Waals surface area contributed by atoms with Gasteiger partial charge in [0.25, 0.3) is 5.91 Å². The summed E-state index contributed by atoms with van der Waals surface area (Å²) in [5, 5.41) is 11.4. The molecule has 1 fully saturated rings. The molecule has 0 saturated carbocycles. The zero-order chi connectivity index (χ0) is 22.7. The number of ether oxygens (including phenoxy) is 1. The van der Waals surface area contributed by atoms with Crippen molar-refractivity contribution in [3.8, 4) is 5.75 Å². The first-order valence-corrected chi connectivity index (χ1v) is 11.0. The molecule has 2 heterocycles. The number of furan rings is 1. The lowest BCUT2D eigenvalue weighted by Crippen LogP contribution is -2.27. The third-order valence-electron chi connectivity index (χ3n) is 4.50. The van der Waals surface area contributed by atoms with Crippen LogP contribution in [0, 0.1) is 10.1 Å². The number of rotatable bonds is 7. The third-order valence-corrected chi connectivity index (χ3v) is 6.11. The van der Waals surface area contributed by atoms with E-state index in [-0.39, 0.29) is 29.0 Å². The van der Waals surface area contributed by atoms with Gasteiger partial charge < -0.3 is 9.15 Å². The number of nitro benzene ring substituents is 1. The van der Waals surface area contributed by atoms with E-state index in [2.05, 4.69) is 0 Å². The van der Waals surface area contributed by atoms with Gasteiger partial charge in [-0.3, -0.25) is 19.8 Å². The summed E-state index contributed by atoms with van der Waals surface area (Å²) in [7, 11) is 0. The Morgan fingerprint density at radius 3 is 2.72 bits per heavy atom. The maximum atomic E-state index is 12.8. The first kappa shape index (κ1) is 22.1. The maximum absolute atomic E-state index is 12.8. The van der Waals surface area contributed by atoms with Crippen molar-refractivity contribution in [1.82, 2.24) is 4.90 Å². The number of thioether (sulfide) groups is 1. The van der Waals surface area contributed by atoms with Crippen LogP contribution in [0.15, 0.2) is 70.0 Å². The molecule has 162 valence electrons. The lowest BCUT2D eigenvalue weighted by Gasteiger charge is -2.14. The normalized spacial score (nSPS) is 14.9. The van der Waals surface area contributed by atoms with E-state index in [1.165, 1.54) is 30.0 Å². The summed E-state index contributed by atoms with van der Waals surface area (Å²) < 4.78 is 11.7. The molecule has 7 nitrogen and oxygen atoms in total. The molecule has 0 unspecified atom stereocenters. The number of carbonyl (C=O) groups is 1. The first-order valence-electron chi connectivity index (χ1n) is 9.35. The van der Waals surface area contributed by atoms with Gasteiger partial charge in [0.2, 0.25) is 0 Å². The second-order valence-electron chi connectivity index (χ2n) is 6.72. The van der Waals surface area contributed by atoms with Crippen LogP contribution in [0.5, 0.6) is 5.75 Å². The molecule has 4 rings (SSSR count). The highest BCUT2D eigenvalue weighted by Crippen LogP contribution is 2.34. The smallest absolute Gasteiger partial charge is 0.312 e. The van der Waals surface area contributed by atoms with E-state index in [0.29, 0.717) is 27.3 Å². The molecule has 0 aliphatic carbocycles. The summed E-state index contributed by atoms with van der Waals surface area (Å²) >= 11 is 12.4. The van der Waals surface area contributed by atoms with Crippen LogP contribution < -0.4 is 4.74 Å². The molecule has 2 aromatic carbocycles. The highest BCUT2D eigenvalue weighted by molar-refractivity contribution is 8.26. The molecule has 0 spiro atoms. The number of carbonyl (C=O) groups excluding carboxylic acids is 1. The molecule has 32 heavy (non-hydrogen) atoms. The van der Waals surface area contributed by atoms with Gasteiger partial charge in [-0.2, -0.15) is 0 Å². The fourth-order valence-corrected chi connectivity index (χ4v) is 4.39. The summed E-state index contributed by atoms with van der Waals surface area (Å²) in [5.41, 5.74) is 0.755. The Hall–Kier alpha value is -3.14. The molecule has 3 aromatic rings. The van der Waals surface area contributed by atoms with Crippen molar-refractivity contribution in [2.45, 2.75) is 13.2 Å². The van der Waals surface area contributed by atoms with E-state index in [9.17, 15) is 14.9 Å². The van der Waals surface area contributed by atoms with Gasteiger partial charge in [0.15, 0.2) is 5.75 Å². The summed E-state index contributed by atoms with van der Waals surface area (Å²) in [4.78, 5) is 25.4. The maximum Gasteiger partial charge on any atom is 0.312 e. The van der Waals surface area contributed by atoms with Crippen molar-refractivity contribution in [1.29, 1.82) is 0 Å². The standard InChI is InChI=1S/C22H15ClN2O5S2/c23-15-6-9-19(18(10-15)25(27)28)29-13-17-8-7-16(30-17)11-20-21(26)24(22(31)32-20)12-14-4-2-1-3-5-14/h1-11H,12-13H2. The average molecular weight is 487 g/mol. The van der Waals surface area contributed by atoms with E-state index in [1.54, 1.807) is 23.1 Å². The van der Waals surface area contributed by atoms with Crippen LogP contribution in [-0.2, 0) is 17.9 Å². The van der Waals surface area contributed by atoms with Gasteiger partial charge >= 0.3 is 5.69 Å². The van der Waals surface area contributed by atoms with Gasteiger partial charge in [-0.15, -0.1) is 0 Å². The number of hydrogen-bond acceptors (Lipinski definition) is 7. The minimum atomic E-state index is -0.563. The Labute approximate surface area is 197 Å². The SMILES string of the molecule is O=C1C(=Cc2ccc(COc3ccc(Cl)cc3[N+](=O)[O-])o2)SC(=S)N1Cc1ccccc1. The van der Waals surface area contributed by atoms with Crippen LogP contribution in [0.4, 0.5) is 5.69 Å². The summed E-state index contributed by atoms with van der Waals surface area (Å²) in [6.07, 6.45) is 1.62. The van der Waals surface area contributed by atoms with Crippen LogP contribution in [0.25, 0.3) is 6.08 Å². The molecule has 0 radical (unpaired) electrons. The number of hydrogen-bond donors (Lipinski definition) is 0. The highest BCUT2D eigenvalue weighted by Gasteiger charge is 2.32. The second-order valence-corrected chi connectivity index (χ2v) is 8.83. The van der Waals surface area contributed by atoms with Crippen LogP contribution >= 0.6 is 35.6 Å². The van der Waals surface area contributed by atoms with Crippen molar-refractivity contribution in [3.63, 3.8) is 0 Å². The number of halogens is 1. The second kappa shape index (κ2) is 9.56. The average Bonchev–Trinajstić information content (AvgIpc) is 3.33. The minimum Gasteiger partial charge on any atom is -0.479 e. The van der Waals surface area contributed by atoms with Gasteiger partial charge in [-0.05, 0) is 29.8 Å². The van der Waals surface area contributed by atoms with E-state index < -0.39 is 4.92 Å². The van der Waals surface area contributed by atoms with Crippen molar-refractivity contribution < 1.29 is 18.9 Å². The van der Waals surface area contributed by atoms with Crippen molar-refractivity contribution in [3.05, 3.63) is 97.8 Å². The van der Waals surface area contributed by atoms with E-state index in [0.717, 1.165) is 5.56 Å². The van der Waals surface area contributed by atoms with Crippen molar-refractivity contribution in [2.75, 3.05) is 0 Å². The lowest BCUT2D eigenvalue weighted by molar-refractivity contribution is -0.385. The summed E-state index contributed by atoms with van der Waals surface area (Å²) in [6, 6.07) is 17.1. The highest BCUT2D eigenvalue weighted by atomic mass is 35.5. The van der Waals surface area contributed by atoms with Crippen LogP contribution in [-0.4, -0.2) is 20.1 Å². The van der Waals surface area contributed by atoms with Gasteiger partial charge in [0.05, 0.1) is 16.4 Å². The third kappa shape index (κ3) is 5.01. The van der Waals surface area contributed by atoms with Gasteiger partial charge in [-0.25, -0.2) is 0 Å². The monoisotopic (exact) mass is 486 g/mol. The van der Waals surface area contributed by atoms with Gasteiger partial charge in [0.1, 0.15) is 22.4 Å². The molecule has 1 aliphatic heterocycles. The zero-order valence-electron chi connectivity index (χ0n) is 16.4. The first-order chi connectivity index (χ1) is 15.4. The molecule has 10 heteroatoms. The molecule has 0 bridgehead atoms. The molecule has 1 aromatic heterocycles. The number of thiocarbonyl (C=S) groups is 1. The number of nitrogens with zero attached hydrogens (tertiary/aromatic N) is 2. The molecule has 1 saturated heterocycles. The number of benzene rings is 2. The van der Waals surface area contributed by atoms with E-state index in [1.807, 2.05) is 30.3 Å². The fourth-order valence-electron chi connectivity index (χ4n) is 2.99. The fraction of sp³-hybridized carbons (Fsp3) is 0.0909. The van der Waals surface area contributed by atoms with E-state index in [4.69, 9.17) is 33.0 Å². The minimum absolute atomic E-state index is 0.0225. The molecule has 1 amide bonds. The molecule has 0 N–H and O–H groups in total. The number of amides is 1. The lowest BCUT2D eigenvalue weighted by atomic mass is 10.2. The van der Waals surface area contributed by atoms with Crippen LogP contribution in [0.2, 0.25) is 5.02 Å². The predicted octanol–water partition coefficient (Wildman–Crippen LogP) is 5.82. The quantitative estimate of drug-likeness (QED) is 0.180. The summed E-state index contributed by atoms with van der Waals surface area (Å²) in [6.45, 7) is 0.380. The van der Waals surface area contributed by atoms with Crippen LogP contribution in [0.1, 0.15) is 17.1 Å². The number of nitro groups is 1. The largest absolute Gasteiger partial charge is 0.479 e. The van der Waals surface area contributed by atoms with Gasteiger partial charge in [0, 0.05) is 17.2 Å². The van der Waals surface area contributed by atoms with Crippen molar-refractivity contribution >= 4 is 57.6 Å². The van der Waals surface area contributed by atoms with Crippen LogP contribution in [0.3, 0.4) is 0 Å². The summed E-state index contributed by atoms with van der Waals surface area (Å²) in [5.74, 6) is 0.795. The Balaban J connectivity index is 1.43. The Kier molecular flexibility index (Phi) is 6.59. The van der Waals surface area contributed by atoms with E-state index >= 15 is 0 Å². The molecule has 1 aliphatic rings. The predicted molar refractivity (Wildman–Crippen MR) is 126 cm³/mol. The van der Waals surface area contributed by atoms with Gasteiger partial charge in [-0.1, -0.05) is 65.9 Å². The Morgan fingerprint density at radius 2 is 1.97 bits per heavy atom. The Bertz CT molecular complexity index is 1230. The molecular formula is C22H15ClN2O5S2. The zero-order valence-corrected chi connectivity index (χ0v) is 18.8. The Morgan fingerprint density at radius 1 is 1.19 bits per heavy atom. The molecular weight excluding hydrogens is 472 g/mol. The van der Waals surface area contributed by atoms with Crippen molar-refractivity contribution in [2.24, 2.45) is 0 Å². The molecule has 0 atom stereocenters.